The van der Waals surface area contributed by atoms with E-state index in [1.807, 2.05) is 10.9 Å². The topological polar surface area (TPSA) is 60.0 Å². The van der Waals surface area contributed by atoms with E-state index in [1.54, 1.807) is 0 Å². The highest BCUT2D eigenvalue weighted by molar-refractivity contribution is 4.99. The van der Waals surface area contributed by atoms with Crippen molar-refractivity contribution < 1.29 is 0 Å². The molecule has 0 aromatic carbocycles. The number of rotatable bonds is 6. The Morgan fingerprint density at radius 2 is 2.12 bits per heavy atom. The molecule has 0 saturated carbocycles. The molecule has 5 heteroatoms. The van der Waals surface area contributed by atoms with Crippen LogP contribution in [0.15, 0.2) is 6.20 Å². The number of nitrogens with zero attached hydrogens (tertiary/aromatic N) is 4. The second-order valence-electron chi connectivity index (χ2n) is 4.85. The maximum absolute atomic E-state index is 6.01. The fourth-order valence-corrected chi connectivity index (χ4v) is 2.30. The number of likely N-dealkylation sites (tertiary alicyclic amines) is 1. The van der Waals surface area contributed by atoms with Gasteiger partial charge in [-0.05, 0) is 32.4 Å². The summed E-state index contributed by atoms with van der Waals surface area (Å²) in [6.07, 6.45) is 6.73. The van der Waals surface area contributed by atoms with Crippen molar-refractivity contribution in [2.45, 2.75) is 45.2 Å². The Hall–Kier alpha value is -0.940. The van der Waals surface area contributed by atoms with E-state index in [0.29, 0.717) is 0 Å². The summed E-state index contributed by atoms with van der Waals surface area (Å²) < 4.78 is 1.92. The van der Waals surface area contributed by atoms with Crippen LogP contribution in [0.4, 0.5) is 0 Å². The van der Waals surface area contributed by atoms with Crippen molar-refractivity contribution in [2.24, 2.45) is 5.73 Å². The van der Waals surface area contributed by atoms with Crippen LogP contribution >= 0.6 is 0 Å². The molecule has 5 nitrogen and oxygen atoms in total. The summed E-state index contributed by atoms with van der Waals surface area (Å²) >= 11 is 0. The van der Waals surface area contributed by atoms with Crippen LogP contribution in [-0.2, 0) is 6.54 Å². The maximum Gasteiger partial charge on any atom is 0.0994 e. The molecule has 0 bridgehead atoms. The van der Waals surface area contributed by atoms with Gasteiger partial charge < -0.3 is 10.6 Å². The van der Waals surface area contributed by atoms with Crippen LogP contribution < -0.4 is 5.73 Å². The summed E-state index contributed by atoms with van der Waals surface area (Å²) in [6.45, 7) is 6.60. The summed E-state index contributed by atoms with van der Waals surface area (Å²) in [5.74, 6) is 0. The second kappa shape index (κ2) is 6.12. The van der Waals surface area contributed by atoms with E-state index in [9.17, 15) is 0 Å². The van der Waals surface area contributed by atoms with Crippen LogP contribution in [0, 0.1) is 0 Å². The van der Waals surface area contributed by atoms with E-state index in [-0.39, 0.29) is 6.04 Å². The van der Waals surface area contributed by atoms with Crippen molar-refractivity contribution in [3.8, 4) is 0 Å². The molecule has 1 aliphatic heterocycles. The largest absolute Gasteiger partial charge is 0.323 e. The Labute approximate surface area is 103 Å². The van der Waals surface area contributed by atoms with Crippen molar-refractivity contribution in [1.82, 2.24) is 19.9 Å². The van der Waals surface area contributed by atoms with Gasteiger partial charge in [0.05, 0.1) is 24.5 Å². The van der Waals surface area contributed by atoms with E-state index >= 15 is 0 Å². The Balaban J connectivity index is 1.80. The van der Waals surface area contributed by atoms with Crippen molar-refractivity contribution in [1.29, 1.82) is 0 Å². The first-order valence-corrected chi connectivity index (χ1v) is 6.67. The van der Waals surface area contributed by atoms with Gasteiger partial charge in [-0.2, -0.15) is 0 Å². The van der Waals surface area contributed by atoms with Gasteiger partial charge in [0.2, 0.25) is 0 Å². The summed E-state index contributed by atoms with van der Waals surface area (Å²) in [4.78, 5) is 2.48. The van der Waals surface area contributed by atoms with E-state index in [2.05, 4.69) is 22.1 Å². The lowest BCUT2D eigenvalue weighted by molar-refractivity contribution is 0.314. The molecule has 1 atom stereocenters. The number of hydrogen-bond donors (Lipinski definition) is 1. The number of aromatic nitrogens is 3. The maximum atomic E-state index is 6.01. The first-order valence-electron chi connectivity index (χ1n) is 6.67. The Morgan fingerprint density at radius 3 is 2.82 bits per heavy atom. The minimum atomic E-state index is 0.0422. The lowest BCUT2D eigenvalue weighted by atomic mass is 10.1. The zero-order valence-electron chi connectivity index (χ0n) is 10.7. The summed E-state index contributed by atoms with van der Waals surface area (Å²) in [7, 11) is 0. The van der Waals surface area contributed by atoms with Crippen molar-refractivity contribution in [3.63, 3.8) is 0 Å². The number of nitrogens with two attached hydrogens (primary N) is 1. The molecule has 0 amide bonds. The monoisotopic (exact) mass is 237 g/mol. The van der Waals surface area contributed by atoms with Gasteiger partial charge >= 0.3 is 0 Å². The summed E-state index contributed by atoms with van der Waals surface area (Å²) in [6, 6.07) is 0.0422. The minimum Gasteiger partial charge on any atom is -0.323 e. The van der Waals surface area contributed by atoms with E-state index < -0.39 is 0 Å². The molecule has 1 aliphatic rings. The molecule has 2 rings (SSSR count). The zero-order valence-corrected chi connectivity index (χ0v) is 10.7. The molecule has 2 heterocycles. The Bertz CT molecular complexity index is 329. The van der Waals surface area contributed by atoms with Crippen LogP contribution in [0.1, 0.15) is 44.3 Å². The molecule has 1 aromatic rings. The number of hydrogen-bond acceptors (Lipinski definition) is 4. The highest BCUT2D eigenvalue weighted by Crippen LogP contribution is 2.12. The van der Waals surface area contributed by atoms with Gasteiger partial charge in [-0.15, -0.1) is 5.10 Å². The van der Waals surface area contributed by atoms with Crippen LogP contribution in [0.5, 0.6) is 0 Å². The van der Waals surface area contributed by atoms with Gasteiger partial charge in [0.25, 0.3) is 0 Å². The molecule has 1 unspecified atom stereocenters. The van der Waals surface area contributed by atoms with Gasteiger partial charge in [-0.25, -0.2) is 0 Å². The molecule has 1 aromatic heterocycles. The fraction of sp³-hybridized carbons (Fsp3) is 0.833. The molecule has 0 spiro atoms. The normalized spacial score (nSPS) is 18.7. The SMILES string of the molecule is CCCC(N)c1cn(CCN2CCCC2)nn1. The zero-order chi connectivity index (χ0) is 12.1. The van der Waals surface area contributed by atoms with Gasteiger partial charge in [-0.1, -0.05) is 18.6 Å². The summed E-state index contributed by atoms with van der Waals surface area (Å²) in [5.41, 5.74) is 6.94. The highest BCUT2D eigenvalue weighted by atomic mass is 15.4. The van der Waals surface area contributed by atoms with Gasteiger partial charge in [-0.3, -0.25) is 4.68 Å². The molecule has 17 heavy (non-hydrogen) atoms. The quantitative estimate of drug-likeness (QED) is 0.807. The molecular formula is C12H23N5. The van der Waals surface area contributed by atoms with Crippen molar-refractivity contribution in [3.05, 3.63) is 11.9 Å². The third-order valence-electron chi connectivity index (χ3n) is 3.38. The first-order chi connectivity index (χ1) is 8.29. The van der Waals surface area contributed by atoms with Crippen LogP contribution in [0.2, 0.25) is 0 Å². The molecule has 0 aliphatic carbocycles. The van der Waals surface area contributed by atoms with E-state index in [1.165, 1.54) is 25.9 Å². The predicted octanol–water partition coefficient (Wildman–Crippen LogP) is 1.17. The third kappa shape index (κ3) is 3.51. The molecule has 0 radical (unpaired) electrons. The smallest absolute Gasteiger partial charge is 0.0994 e. The third-order valence-corrected chi connectivity index (χ3v) is 3.38. The van der Waals surface area contributed by atoms with Gasteiger partial charge in [0.1, 0.15) is 0 Å². The average Bonchev–Trinajstić information content (AvgIpc) is 2.98. The van der Waals surface area contributed by atoms with Gasteiger partial charge in [0, 0.05) is 6.54 Å². The average molecular weight is 237 g/mol. The molecule has 2 N–H and O–H groups in total. The molecule has 1 fully saturated rings. The second-order valence-corrected chi connectivity index (χ2v) is 4.85. The van der Waals surface area contributed by atoms with Crippen molar-refractivity contribution >= 4 is 0 Å². The lowest BCUT2D eigenvalue weighted by Crippen LogP contribution is -2.24. The lowest BCUT2D eigenvalue weighted by Gasteiger charge is -2.13. The van der Waals surface area contributed by atoms with E-state index in [4.69, 9.17) is 5.73 Å². The van der Waals surface area contributed by atoms with Crippen LogP contribution in [0.25, 0.3) is 0 Å². The standard InChI is InChI=1S/C12H23N5/c1-2-5-11(13)12-10-17(15-14-12)9-8-16-6-3-4-7-16/h10-11H,2-9,13H2,1H3. The highest BCUT2D eigenvalue weighted by Gasteiger charge is 2.12. The van der Waals surface area contributed by atoms with Crippen molar-refractivity contribution in [2.75, 3.05) is 19.6 Å². The predicted molar refractivity (Wildman–Crippen MR) is 67.5 cm³/mol. The van der Waals surface area contributed by atoms with Crippen LogP contribution in [-0.4, -0.2) is 39.5 Å². The van der Waals surface area contributed by atoms with E-state index in [0.717, 1.165) is 31.6 Å². The molecular weight excluding hydrogens is 214 g/mol. The Morgan fingerprint density at radius 1 is 1.35 bits per heavy atom. The molecule has 96 valence electrons. The first kappa shape index (κ1) is 12.5. The minimum absolute atomic E-state index is 0.0422. The van der Waals surface area contributed by atoms with Crippen LogP contribution in [0.3, 0.4) is 0 Å². The molecule has 1 saturated heterocycles. The van der Waals surface area contributed by atoms with Gasteiger partial charge in [0.15, 0.2) is 0 Å². The summed E-state index contributed by atoms with van der Waals surface area (Å²) in [5, 5.41) is 8.29. The Kier molecular flexibility index (Phi) is 4.50. The fourth-order valence-electron chi connectivity index (χ4n) is 2.30.